The lowest BCUT2D eigenvalue weighted by molar-refractivity contribution is -0.140. The molecule has 0 saturated heterocycles. The minimum absolute atomic E-state index is 0.00116. The van der Waals surface area contributed by atoms with Crippen LogP contribution in [0.2, 0.25) is 10.0 Å². The maximum absolute atomic E-state index is 14.1. The Morgan fingerprint density at radius 2 is 1.49 bits per heavy atom. The van der Waals surface area contributed by atoms with Gasteiger partial charge in [0.1, 0.15) is 12.6 Å². The van der Waals surface area contributed by atoms with E-state index in [2.05, 4.69) is 5.32 Å². The molecule has 220 valence electrons. The highest BCUT2D eigenvalue weighted by Crippen LogP contribution is 2.33. The Hall–Kier alpha value is -3.07. The number of nitrogens with zero attached hydrogens (tertiary/aromatic N) is 2. The first-order valence-corrected chi connectivity index (χ1v) is 15.7. The lowest BCUT2D eigenvalue weighted by atomic mass is 10.1. The third kappa shape index (κ3) is 8.47. The van der Waals surface area contributed by atoms with Crippen molar-refractivity contribution in [2.45, 2.75) is 58.5 Å². The van der Waals surface area contributed by atoms with Crippen LogP contribution in [-0.4, -0.2) is 44.3 Å². The highest BCUT2D eigenvalue weighted by Gasteiger charge is 2.34. The zero-order chi connectivity index (χ0) is 30.3. The van der Waals surface area contributed by atoms with E-state index in [4.69, 9.17) is 23.2 Å². The summed E-state index contributed by atoms with van der Waals surface area (Å²) in [5.41, 5.74) is 2.82. The summed E-state index contributed by atoms with van der Waals surface area (Å²) in [4.78, 5) is 28.9. The summed E-state index contributed by atoms with van der Waals surface area (Å²) in [5.74, 6) is -0.628. The summed E-state index contributed by atoms with van der Waals surface area (Å²) >= 11 is 12.7. The van der Waals surface area contributed by atoms with E-state index >= 15 is 0 Å². The number of nitrogens with one attached hydrogen (secondary N) is 1. The van der Waals surface area contributed by atoms with E-state index in [-0.39, 0.29) is 39.0 Å². The molecule has 0 aliphatic carbocycles. The van der Waals surface area contributed by atoms with Crippen LogP contribution in [-0.2, 0) is 26.2 Å². The van der Waals surface area contributed by atoms with Gasteiger partial charge in [0.25, 0.3) is 10.0 Å². The van der Waals surface area contributed by atoms with Gasteiger partial charge in [-0.15, -0.1) is 0 Å². The average molecular weight is 619 g/mol. The first-order chi connectivity index (χ1) is 19.3. The van der Waals surface area contributed by atoms with E-state index in [0.29, 0.717) is 13.0 Å². The lowest BCUT2D eigenvalue weighted by Crippen LogP contribution is -2.52. The Morgan fingerprint density at radius 1 is 0.902 bits per heavy atom. The first-order valence-electron chi connectivity index (χ1n) is 13.5. The summed E-state index contributed by atoms with van der Waals surface area (Å²) in [7, 11) is -4.25. The van der Waals surface area contributed by atoms with Crippen LogP contribution in [0, 0.1) is 19.8 Å². The van der Waals surface area contributed by atoms with Gasteiger partial charge in [0.05, 0.1) is 15.6 Å². The fourth-order valence-electron chi connectivity index (χ4n) is 4.26. The Bertz CT molecular complexity index is 1460. The molecule has 0 fully saturated rings. The molecule has 0 bridgehead atoms. The van der Waals surface area contributed by atoms with Crippen molar-refractivity contribution in [1.29, 1.82) is 0 Å². The molecule has 0 heterocycles. The van der Waals surface area contributed by atoms with Gasteiger partial charge in [-0.3, -0.25) is 13.9 Å². The molecule has 0 aromatic heterocycles. The van der Waals surface area contributed by atoms with Crippen molar-refractivity contribution < 1.29 is 18.0 Å². The second-order valence-corrected chi connectivity index (χ2v) is 13.2. The number of benzene rings is 3. The van der Waals surface area contributed by atoms with Crippen molar-refractivity contribution in [2.75, 3.05) is 17.4 Å². The van der Waals surface area contributed by atoms with Crippen LogP contribution in [0.15, 0.2) is 71.6 Å². The number of aryl methyl sites for hydroxylation is 2. The maximum Gasteiger partial charge on any atom is 0.264 e. The molecule has 3 aromatic carbocycles. The van der Waals surface area contributed by atoms with Gasteiger partial charge in [0, 0.05) is 18.1 Å². The Kier molecular flexibility index (Phi) is 11.2. The Labute approximate surface area is 253 Å². The molecule has 7 nitrogen and oxygen atoms in total. The average Bonchev–Trinajstić information content (AvgIpc) is 2.93. The third-order valence-corrected chi connectivity index (χ3v) is 8.94. The number of sulfonamides is 1. The van der Waals surface area contributed by atoms with Gasteiger partial charge in [0.2, 0.25) is 11.8 Å². The zero-order valence-corrected chi connectivity index (χ0v) is 26.4. The van der Waals surface area contributed by atoms with Gasteiger partial charge in [-0.05, 0) is 62.1 Å². The third-order valence-electron chi connectivity index (χ3n) is 6.61. The predicted octanol–water partition coefficient (Wildman–Crippen LogP) is 6.39. The van der Waals surface area contributed by atoms with Crippen LogP contribution in [0.1, 0.15) is 43.9 Å². The van der Waals surface area contributed by atoms with Crippen molar-refractivity contribution in [3.8, 4) is 0 Å². The quantitative estimate of drug-likeness (QED) is 0.255. The van der Waals surface area contributed by atoms with Crippen LogP contribution in [0.25, 0.3) is 0 Å². The largest absolute Gasteiger partial charge is 0.354 e. The van der Waals surface area contributed by atoms with Crippen LogP contribution in [0.3, 0.4) is 0 Å². The van der Waals surface area contributed by atoms with Gasteiger partial charge in [-0.25, -0.2) is 8.42 Å². The minimum atomic E-state index is -4.25. The number of halogens is 2. The van der Waals surface area contributed by atoms with Gasteiger partial charge >= 0.3 is 0 Å². The highest BCUT2D eigenvalue weighted by molar-refractivity contribution is 7.92. The number of rotatable bonds is 12. The topological polar surface area (TPSA) is 86.8 Å². The number of amides is 2. The van der Waals surface area contributed by atoms with Gasteiger partial charge in [-0.2, -0.15) is 0 Å². The number of carbonyl (C=O) groups is 2. The molecule has 1 N–H and O–H groups in total. The van der Waals surface area contributed by atoms with Crippen LogP contribution in [0.5, 0.6) is 0 Å². The van der Waals surface area contributed by atoms with Crippen LogP contribution in [0.4, 0.5) is 5.69 Å². The molecule has 0 radical (unpaired) electrons. The van der Waals surface area contributed by atoms with E-state index in [9.17, 15) is 18.0 Å². The molecule has 0 unspecified atom stereocenters. The number of anilines is 1. The first kappa shape index (κ1) is 32.4. The monoisotopic (exact) mass is 617 g/mol. The van der Waals surface area contributed by atoms with E-state index in [1.165, 1.54) is 29.2 Å². The smallest absolute Gasteiger partial charge is 0.264 e. The number of hydrogen-bond donors (Lipinski definition) is 1. The normalized spacial score (nSPS) is 12.2. The second kappa shape index (κ2) is 14.2. The molecule has 0 aliphatic rings. The lowest BCUT2D eigenvalue weighted by Gasteiger charge is -2.33. The molecule has 0 spiro atoms. The molecular weight excluding hydrogens is 581 g/mol. The van der Waals surface area contributed by atoms with Crippen LogP contribution >= 0.6 is 23.2 Å². The minimum Gasteiger partial charge on any atom is -0.354 e. The van der Waals surface area contributed by atoms with Crippen molar-refractivity contribution in [3.63, 3.8) is 0 Å². The molecule has 0 saturated carbocycles. The molecule has 41 heavy (non-hydrogen) atoms. The predicted molar refractivity (Wildman–Crippen MR) is 166 cm³/mol. The molecule has 0 aliphatic heterocycles. The van der Waals surface area contributed by atoms with Crippen molar-refractivity contribution in [1.82, 2.24) is 10.2 Å². The summed E-state index contributed by atoms with van der Waals surface area (Å²) in [6, 6.07) is 17.6. The highest BCUT2D eigenvalue weighted by atomic mass is 35.5. The molecule has 3 aromatic rings. The molecule has 2 amide bonds. The van der Waals surface area contributed by atoms with E-state index in [0.717, 1.165) is 21.0 Å². The molecule has 1 atom stereocenters. The summed E-state index contributed by atoms with van der Waals surface area (Å²) in [6.45, 7) is 9.59. The van der Waals surface area contributed by atoms with Crippen LogP contribution < -0.4 is 9.62 Å². The fourth-order valence-corrected chi connectivity index (χ4v) is 6.12. The summed E-state index contributed by atoms with van der Waals surface area (Å²) < 4.78 is 28.9. The van der Waals surface area contributed by atoms with Crippen molar-refractivity contribution in [3.05, 3.63) is 93.5 Å². The summed E-state index contributed by atoms with van der Waals surface area (Å²) in [5, 5.41) is 3.30. The van der Waals surface area contributed by atoms with Gasteiger partial charge < -0.3 is 10.2 Å². The SMILES string of the molecule is CC[C@H](C(=O)NCC(C)C)N(Cc1ccc(C)cc1)C(=O)CN(c1cc(Cl)ccc1Cl)S(=O)(=O)c1ccc(C)cc1. The standard InChI is InChI=1S/C31H37Cl2N3O4S/c1-6-28(31(38)34-18-21(2)3)35(19-24-11-7-22(4)8-12-24)30(37)20-36(29-17-25(32)13-16-27(29)33)41(39,40)26-14-9-23(5)10-15-26/h7-17,21,28H,6,18-20H2,1-5H3,(H,34,38)/t28-/m1/s1. The Balaban J connectivity index is 2.08. The number of carbonyl (C=O) groups excluding carboxylic acids is 2. The molecule has 3 rings (SSSR count). The Morgan fingerprint density at radius 3 is 2.05 bits per heavy atom. The van der Waals surface area contributed by atoms with Crippen molar-refractivity contribution >= 4 is 50.7 Å². The van der Waals surface area contributed by atoms with E-state index < -0.39 is 28.5 Å². The molecular formula is C31H37Cl2N3O4S. The maximum atomic E-state index is 14.1. The van der Waals surface area contributed by atoms with E-state index in [1.54, 1.807) is 18.2 Å². The molecule has 10 heteroatoms. The van der Waals surface area contributed by atoms with Crippen molar-refractivity contribution in [2.24, 2.45) is 5.92 Å². The second-order valence-electron chi connectivity index (χ2n) is 10.5. The zero-order valence-electron chi connectivity index (χ0n) is 24.0. The number of hydrogen-bond acceptors (Lipinski definition) is 4. The van der Waals surface area contributed by atoms with Gasteiger partial charge in [-0.1, -0.05) is 91.5 Å². The fraction of sp³-hybridized carbons (Fsp3) is 0.355. The van der Waals surface area contributed by atoms with Gasteiger partial charge in [0.15, 0.2) is 0 Å². The van der Waals surface area contributed by atoms with E-state index in [1.807, 2.05) is 58.9 Å². The summed E-state index contributed by atoms with van der Waals surface area (Å²) in [6.07, 6.45) is 0.337.